The molecule has 5 heteroatoms. The predicted molar refractivity (Wildman–Crippen MR) is 66.8 cm³/mol. The first-order valence-corrected chi connectivity index (χ1v) is 5.97. The lowest BCUT2D eigenvalue weighted by atomic mass is 10.2. The number of nitrogens with zero attached hydrogens (tertiary/aromatic N) is 2. The van der Waals surface area contributed by atoms with Crippen LogP contribution in [0.1, 0.15) is 12.5 Å². The normalized spacial score (nSPS) is 15.8. The van der Waals surface area contributed by atoms with E-state index in [-0.39, 0.29) is 5.91 Å². The van der Waals surface area contributed by atoms with Gasteiger partial charge < -0.3 is 15.5 Å². The molecule has 2 rings (SSSR count). The van der Waals surface area contributed by atoms with Crippen molar-refractivity contribution in [3.05, 3.63) is 23.9 Å². The summed E-state index contributed by atoms with van der Waals surface area (Å²) < 4.78 is 0. The van der Waals surface area contributed by atoms with Crippen molar-refractivity contribution in [2.24, 2.45) is 0 Å². The molecule has 2 heterocycles. The summed E-state index contributed by atoms with van der Waals surface area (Å²) in [6, 6.07) is 4.03. The third-order valence-corrected chi connectivity index (χ3v) is 2.75. The zero-order chi connectivity index (χ0) is 12.1. The number of pyridine rings is 1. The second-order valence-corrected chi connectivity index (χ2v) is 4.08. The van der Waals surface area contributed by atoms with Gasteiger partial charge in [0.15, 0.2) is 0 Å². The molecule has 92 valence electrons. The van der Waals surface area contributed by atoms with Gasteiger partial charge in [0.25, 0.3) is 0 Å². The van der Waals surface area contributed by atoms with Crippen molar-refractivity contribution in [3.63, 3.8) is 0 Å². The molecule has 0 spiro atoms. The highest BCUT2D eigenvalue weighted by molar-refractivity contribution is 5.82. The minimum Gasteiger partial charge on any atom is -0.353 e. The Morgan fingerprint density at radius 2 is 2.41 bits per heavy atom. The van der Waals surface area contributed by atoms with Crippen LogP contribution in [0.3, 0.4) is 0 Å². The summed E-state index contributed by atoms with van der Waals surface area (Å²) in [5.41, 5.74) is 1.16. The van der Waals surface area contributed by atoms with E-state index < -0.39 is 0 Å². The number of nitrogens with one attached hydrogen (secondary N) is 2. The van der Waals surface area contributed by atoms with Crippen molar-refractivity contribution in [1.29, 1.82) is 0 Å². The van der Waals surface area contributed by atoms with Gasteiger partial charge in [-0.25, -0.2) is 4.98 Å². The quantitative estimate of drug-likeness (QED) is 0.777. The lowest BCUT2D eigenvalue weighted by Gasteiger charge is -2.27. The lowest BCUT2D eigenvalue weighted by Crippen LogP contribution is -2.48. The number of anilines is 1. The van der Waals surface area contributed by atoms with Gasteiger partial charge in [-0.1, -0.05) is 13.0 Å². The zero-order valence-corrected chi connectivity index (χ0v) is 10.1. The fraction of sp³-hybridized carbons (Fsp3) is 0.500. The van der Waals surface area contributed by atoms with Crippen LogP contribution < -0.4 is 15.5 Å². The molecule has 17 heavy (non-hydrogen) atoms. The van der Waals surface area contributed by atoms with E-state index in [4.69, 9.17) is 0 Å². The summed E-state index contributed by atoms with van der Waals surface area (Å²) in [5, 5.41) is 6.06. The molecule has 0 unspecified atom stereocenters. The molecule has 0 bridgehead atoms. The predicted octanol–water partition coefficient (Wildman–Crippen LogP) is 0.127. The Labute approximate surface area is 101 Å². The van der Waals surface area contributed by atoms with Crippen LogP contribution in [0.15, 0.2) is 18.3 Å². The maximum Gasteiger partial charge on any atom is 0.239 e. The van der Waals surface area contributed by atoms with Crippen LogP contribution in [0, 0.1) is 0 Å². The van der Waals surface area contributed by atoms with E-state index in [0.29, 0.717) is 13.1 Å². The Bertz CT molecular complexity index is 377. The smallest absolute Gasteiger partial charge is 0.239 e. The number of amides is 1. The maximum absolute atomic E-state index is 11.3. The second-order valence-electron chi connectivity index (χ2n) is 4.08. The molecule has 1 aliphatic heterocycles. The van der Waals surface area contributed by atoms with Gasteiger partial charge in [0.2, 0.25) is 5.91 Å². The van der Waals surface area contributed by atoms with Crippen molar-refractivity contribution in [2.75, 3.05) is 31.1 Å². The number of rotatable bonds is 4. The van der Waals surface area contributed by atoms with Crippen LogP contribution in [-0.4, -0.2) is 37.1 Å². The fourth-order valence-electron chi connectivity index (χ4n) is 1.81. The highest BCUT2D eigenvalue weighted by Crippen LogP contribution is 2.12. The van der Waals surface area contributed by atoms with Gasteiger partial charge in [-0.05, 0) is 18.2 Å². The van der Waals surface area contributed by atoms with Crippen molar-refractivity contribution in [2.45, 2.75) is 13.5 Å². The van der Waals surface area contributed by atoms with E-state index in [9.17, 15) is 4.79 Å². The largest absolute Gasteiger partial charge is 0.353 e. The van der Waals surface area contributed by atoms with Crippen molar-refractivity contribution in [3.8, 4) is 0 Å². The molecule has 0 aromatic carbocycles. The minimum absolute atomic E-state index is 0.0646. The molecule has 0 radical (unpaired) electrons. The number of piperazine rings is 1. The molecule has 0 aliphatic carbocycles. The number of carbonyl (C=O) groups excluding carboxylic acids is 1. The van der Waals surface area contributed by atoms with Gasteiger partial charge in [0.05, 0.1) is 6.54 Å². The zero-order valence-electron chi connectivity index (χ0n) is 10.1. The summed E-state index contributed by atoms with van der Waals surface area (Å²) in [6.07, 6.45) is 1.87. The highest BCUT2D eigenvalue weighted by atomic mass is 16.2. The van der Waals surface area contributed by atoms with Gasteiger partial charge in [-0.2, -0.15) is 0 Å². The SMILES string of the molecule is CCNCc1ccc(N2CCNC(=O)C2)nc1. The topological polar surface area (TPSA) is 57.3 Å². The van der Waals surface area contributed by atoms with Gasteiger partial charge in [-0.15, -0.1) is 0 Å². The molecule has 0 atom stereocenters. The van der Waals surface area contributed by atoms with Gasteiger partial charge in [-0.3, -0.25) is 4.79 Å². The van der Waals surface area contributed by atoms with Crippen LogP contribution in [0.4, 0.5) is 5.82 Å². The van der Waals surface area contributed by atoms with Crippen LogP contribution in [0.2, 0.25) is 0 Å². The average molecular weight is 234 g/mol. The van der Waals surface area contributed by atoms with Crippen LogP contribution in [-0.2, 0) is 11.3 Å². The lowest BCUT2D eigenvalue weighted by molar-refractivity contribution is -0.120. The fourth-order valence-corrected chi connectivity index (χ4v) is 1.81. The summed E-state index contributed by atoms with van der Waals surface area (Å²) in [5.74, 6) is 0.940. The standard InChI is InChI=1S/C12H18N4O/c1-2-13-7-10-3-4-11(15-8-10)16-6-5-14-12(17)9-16/h3-4,8,13H,2,5-7,9H2,1H3,(H,14,17). The molecule has 5 nitrogen and oxygen atoms in total. The van der Waals surface area contributed by atoms with Gasteiger partial charge in [0.1, 0.15) is 5.82 Å². The molecule has 1 aliphatic rings. The number of hydrogen-bond donors (Lipinski definition) is 2. The van der Waals surface area contributed by atoms with Crippen molar-refractivity contribution in [1.82, 2.24) is 15.6 Å². The van der Waals surface area contributed by atoms with E-state index in [2.05, 4.69) is 28.6 Å². The van der Waals surface area contributed by atoms with Crippen LogP contribution in [0.25, 0.3) is 0 Å². The first kappa shape index (κ1) is 11.9. The summed E-state index contributed by atoms with van der Waals surface area (Å²) in [6.45, 7) is 5.79. The van der Waals surface area contributed by atoms with E-state index in [1.807, 2.05) is 17.2 Å². The Morgan fingerprint density at radius 3 is 3.06 bits per heavy atom. The molecule has 1 aromatic heterocycles. The molecule has 1 saturated heterocycles. The second kappa shape index (κ2) is 5.63. The van der Waals surface area contributed by atoms with E-state index >= 15 is 0 Å². The monoisotopic (exact) mass is 234 g/mol. The molecule has 1 fully saturated rings. The van der Waals surface area contributed by atoms with Gasteiger partial charge >= 0.3 is 0 Å². The third-order valence-electron chi connectivity index (χ3n) is 2.75. The van der Waals surface area contributed by atoms with Crippen LogP contribution >= 0.6 is 0 Å². The Kier molecular flexibility index (Phi) is 3.93. The van der Waals surface area contributed by atoms with E-state index in [0.717, 1.165) is 31.0 Å². The summed E-state index contributed by atoms with van der Waals surface area (Å²) in [4.78, 5) is 17.7. The number of hydrogen-bond acceptors (Lipinski definition) is 4. The first-order chi connectivity index (χ1) is 8.29. The van der Waals surface area contributed by atoms with Crippen LogP contribution in [0.5, 0.6) is 0 Å². The number of carbonyl (C=O) groups is 1. The third kappa shape index (κ3) is 3.17. The van der Waals surface area contributed by atoms with Crippen molar-refractivity contribution < 1.29 is 4.79 Å². The van der Waals surface area contributed by atoms with Crippen molar-refractivity contribution >= 4 is 11.7 Å². The van der Waals surface area contributed by atoms with Gasteiger partial charge in [0, 0.05) is 25.8 Å². The molecule has 1 aromatic rings. The maximum atomic E-state index is 11.3. The Balaban J connectivity index is 1.99. The molecule has 1 amide bonds. The summed E-state index contributed by atoms with van der Waals surface area (Å²) in [7, 11) is 0. The molecular formula is C12H18N4O. The minimum atomic E-state index is 0.0646. The number of aromatic nitrogens is 1. The van der Waals surface area contributed by atoms with E-state index in [1.54, 1.807) is 0 Å². The Morgan fingerprint density at radius 1 is 1.53 bits per heavy atom. The Hall–Kier alpha value is -1.62. The summed E-state index contributed by atoms with van der Waals surface area (Å²) >= 11 is 0. The molecule has 2 N–H and O–H groups in total. The average Bonchev–Trinajstić information content (AvgIpc) is 2.37. The van der Waals surface area contributed by atoms with E-state index in [1.165, 1.54) is 0 Å². The highest BCUT2D eigenvalue weighted by Gasteiger charge is 2.16. The molecule has 0 saturated carbocycles. The first-order valence-electron chi connectivity index (χ1n) is 5.97. The molecular weight excluding hydrogens is 216 g/mol.